The average Bonchev–Trinajstić information content (AvgIpc) is 3.19. The van der Waals surface area contributed by atoms with Crippen LogP contribution in [0.3, 0.4) is 0 Å². The molecule has 0 aliphatic heterocycles. The molecule has 0 aliphatic carbocycles. The summed E-state index contributed by atoms with van der Waals surface area (Å²) in [6, 6.07) is 6.05. The number of fused-ring (bicyclic) bond motifs is 1. The number of hydrogen-bond donors (Lipinski definition) is 3. The van der Waals surface area contributed by atoms with Gasteiger partial charge in [-0.2, -0.15) is 0 Å². The largest absolute Gasteiger partial charge is 0.465 e. The number of para-hydroxylation sites is 1. The highest BCUT2D eigenvalue weighted by Crippen LogP contribution is 2.19. The van der Waals surface area contributed by atoms with E-state index in [0.29, 0.717) is 31.5 Å². The first-order valence-corrected chi connectivity index (χ1v) is 12.1. The topological polar surface area (TPSA) is 124 Å². The smallest absolute Gasteiger partial charge is 0.328 e. The number of aromatic amines is 1. The van der Waals surface area contributed by atoms with Gasteiger partial charge in [0, 0.05) is 29.9 Å². The number of carbonyl (C=O) groups is 3. The third-order valence-electron chi connectivity index (χ3n) is 5.58. The van der Waals surface area contributed by atoms with Crippen LogP contribution in [-0.2, 0) is 30.3 Å². The molecule has 0 spiro atoms. The number of carbonyl (C=O) groups excluding carboxylic acids is 3. The minimum absolute atomic E-state index is 0. The van der Waals surface area contributed by atoms with Crippen molar-refractivity contribution in [2.75, 3.05) is 13.2 Å². The van der Waals surface area contributed by atoms with Gasteiger partial charge in [0.05, 0.1) is 13.2 Å². The molecule has 0 saturated carbocycles. The lowest BCUT2D eigenvalue weighted by molar-refractivity contribution is -0.148. The molecule has 0 radical (unpaired) electrons. The predicted octanol–water partition coefficient (Wildman–Crippen LogP) is 3.90. The molecule has 0 bridgehead atoms. The van der Waals surface area contributed by atoms with Crippen molar-refractivity contribution in [3.8, 4) is 0 Å². The van der Waals surface area contributed by atoms with Gasteiger partial charge in [-0.05, 0) is 42.7 Å². The molecule has 196 valence electrons. The number of rotatable bonds is 14. The quantitative estimate of drug-likeness (QED) is 0.332. The Hall–Kier alpha value is -2.58. The maximum atomic E-state index is 12.8. The molecule has 0 aliphatic rings. The van der Waals surface area contributed by atoms with Crippen LogP contribution in [0.2, 0.25) is 0 Å². The van der Waals surface area contributed by atoms with Crippen molar-refractivity contribution in [3.63, 3.8) is 0 Å². The van der Waals surface area contributed by atoms with Crippen molar-refractivity contribution in [1.82, 2.24) is 10.3 Å². The monoisotopic (exact) mass is 509 g/mol. The number of nitrogens with one attached hydrogen (secondary N) is 2. The SMILES string of the molecule is CC(C)CCOC(=O)[C@H](N)CCC(=O)N[C@@H](Cc1c[nH]c2ccccc12)C(=O)OCCC(C)C.Cl. The van der Waals surface area contributed by atoms with E-state index in [1.54, 1.807) is 0 Å². The van der Waals surface area contributed by atoms with Crippen LogP contribution in [0.1, 0.15) is 58.9 Å². The van der Waals surface area contributed by atoms with E-state index in [0.717, 1.165) is 29.3 Å². The molecule has 4 N–H and O–H groups in total. The lowest BCUT2D eigenvalue weighted by Crippen LogP contribution is -2.44. The molecule has 1 heterocycles. The Morgan fingerprint density at radius 2 is 1.54 bits per heavy atom. The van der Waals surface area contributed by atoms with Crippen LogP contribution in [0.25, 0.3) is 10.9 Å². The number of amides is 1. The van der Waals surface area contributed by atoms with Gasteiger partial charge in [0.15, 0.2) is 0 Å². The zero-order valence-electron chi connectivity index (χ0n) is 21.2. The van der Waals surface area contributed by atoms with Crippen molar-refractivity contribution < 1.29 is 23.9 Å². The van der Waals surface area contributed by atoms with Gasteiger partial charge in [0.25, 0.3) is 0 Å². The summed E-state index contributed by atoms with van der Waals surface area (Å²) in [6.07, 6.45) is 3.77. The summed E-state index contributed by atoms with van der Waals surface area (Å²) in [7, 11) is 0. The van der Waals surface area contributed by atoms with Crippen molar-refractivity contribution >= 4 is 41.2 Å². The normalized spacial score (nSPS) is 12.8. The zero-order chi connectivity index (χ0) is 25.1. The van der Waals surface area contributed by atoms with Crippen LogP contribution < -0.4 is 11.1 Å². The van der Waals surface area contributed by atoms with E-state index in [9.17, 15) is 14.4 Å². The first-order chi connectivity index (χ1) is 16.2. The fourth-order valence-electron chi connectivity index (χ4n) is 3.38. The second-order valence-corrected chi connectivity index (χ2v) is 9.53. The predicted molar refractivity (Wildman–Crippen MR) is 139 cm³/mol. The highest BCUT2D eigenvalue weighted by molar-refractivity contribution is 5.87. The molecule has 35 heavy (non-hydrogen) atoms. The lowest BCUT2D eigenvalue weighted by Gasteiger charge is -2.19. The number of hydrogen-bond acceptors (Lipinski definition) is 6. The summed E-state index contributed by atoms with van der Waals surface area (Å²) in [5.74, 6) is -0.537. The van der Waals surface area contributed by atoms with E-state index in [2.05, 4.69) is 24.1 Å². The van der Waals surface area contributed by atoms with Crippen molar-refractivity contribution in [3.05, 3.63) is 36.0 Å². The third kappa shape index (κ3) is 10.7. The Labute approximate surface area is 214 Å². The molecule has 9 heteroatoms. The van der Waals surface area contributed by atoms with E-state index in [1.165, 1.54) is 0 Å². The minimum Gasteiger partial charge on any atom is -0.465 e. The second kappa shape index (κ2) is 15.4. The first-order valence-electron chi connectivity index (χ1n) is 12.1. The van der Waals surface area contributed by atoms with E-state index in [1.807, 2.05) is 44.3 Å². The van der Waals surface area contributed by atoms with E-state index in [4.69, 9.17) is 15.2 Å². The number of benzene rings is 1. The standard InChI is InChI=1S/C26H39N3O5.ClH/c1-17(2)11-13-33-25(31)21(27)9-10-24(30)29-23(26(32)34-14-12-18(3)4)15-19-16-28-22-8-6-5-7-20(19)22;/h5-8,16-18,21,23,28H,9-15,27H2,1-4H3,(H,29,30);1H/t21-,23+;/m1./s1. The molecule has 1 aromatic carbocycles. The molecular weight excluding hydrogens is 470 g/mol. The lowest BCUT2D eigenvalue weighted by atomic mass is 10.0. The minimum atomic E-state index is -0.886. The van der Waals surface area contributed by atoms with Gasteiger partial charge in [-0.25, -0.2) is 4.79 Å². The summed E-state index contributed by atoms with van der Waals surface area (Å²) in [4.78, 5) is 40.6. The summed E-state index contributed by atoms with van der Waals surface area (Å²) in [5.41, 5.74) is 7.75. The van der Waals surface area contributed by atoms with Gasteiger partial charge >= 0.3 is 11.9 Å². The Morgan fingerprint density at radius 1 is 0.943 bits per heavy atom. The summed E-state index contributed by atoms with van der Waals surface area (Å²) >= 11 is 0. The number of ether oxygens (including phenoxy) is 2. The molecule has 8 nitrogen and oxygen atoms in total. The maximum Gasteiger partial charge on any atom is 0.328 e. The molecule has 2 atom stereocenters. The van der Waals surface area contributed by atoms with Gasteiger partial charge in [-0.3, -0.25) is 9.59 Å². The van der Waals surface area contributed by atoms with Gasteiger partial charge in [0.1, 0.15) is 12.1 Å². The molecule has 1 amide bonds. The first kappa shape index (κ1) is 30.5. The number of esters is 2. The van der Waals surface area contributed by atoms with Gasteiger partial charge in [0.2, 0.25) is 5.91 Å². The highest BCUT2D eigenvalue weighted by atomic mass is 35.5. The van der Waals surface area contributed by atoms with Crippen LogP contribution >= 0.6 is 12.4 Å². The molecule has 2 rings (SSSR count). The van der Waals surface area contributed by atoms with Gasteiger partial charge in [-0.15, -0.1) is 12.4 Å². The number of H-pyrrole nitrogens is 1. The Morgan fingerprint density at radius 3 is 2.17 bits per heavy atom. The third-order valence-corrected chi connectivity index (χ3v) is 5.58. The zero-order valence-corrected chi connectivity index (χ0v) is 22.0. The Balaban J connectivity index is 0.00000612. The van der Waals surface area contributed by atoms with Crippen LogP contribution in [0.4, 0.5) is 0 Å². The second-order valence-electron chi connectivity index (χ2n) is 9.53. The number of aromatic nitrogens is 1. The maximum absolute atomic E-state index is 12.8. The Kier molecular flexibility index (Phi) is 13.4. The molecule has 1 aromatic heterocycles. The molecule has 0 fully saturated rings. The summed E-state index contributed by atoms with van der Waals surface area (Å²) in [5, 5.41) is 3.76. The van der Waals surface area contributed by atoms with Crippen LogP contribution in [0.15, 0.2) is 30.5 Å². The Bertz CT molecular complexity index is 944. The fraction of sp³-hybridized carbons (Fsp3) is 0.577. The number of halogens is 1. The van der Waals surface area contributed by atoms with Crippen molar-refractivity contribution in [2.45, 2.75) is 71.9 Å². The van der Waals surface area contributed by atoms with Crippen LogP contribution in [0, 0.1) is 11.8 Å². The number of nitrogens with two attached hydrogens (primary N) is 1. The molecule has 0 saturated heterocycles. The fourth-order valence-corrected chi connectivity index (χ4v) is 3.38. The van der Waals surface area contributed by atoms with E-state index >= 15 is 0 Å². The highest BCUT2D eigenvalue weighted by Gasteiger charge is 2.25. The molecule has 0 unspecified atom stereocenters. The molecule has 2 aromatic rings. The van der Waals surface area contributed by atoms with Crippen molar-refractivity contribution in [1.29, 1.82) is 0 Å². The summed E-state index contributed by atoms with van der Waals surface area (Å²) < 4.78 is 10.6. The summed E-state index contributed by atoms with van der Waals surface area (Å²) in [6.45, 7) is 8.79. The van der Waals surface area contributed by atoms with Crippen LogP contribution in [-0.4, -0.2) is 48.1 Å². The average molecular weight is 510 g/mol. The van der Waals surface area contributed by atoms with Crippen LogP contribution in [0.5, 0.6) is 0 Å². The van der Waals surface area contributed by atoms with Crippen molar-refractivity contribution in [2.24, 2.45) is 17.6 Å². The van der Waals surface area contributed by atoms with Gasteiger partial charge < -0.3 is 25.5 Å². The molecular formula is C26H40ClN3O5. The van der Waals surface area contributed by atoms with Gasteiger partial charge in [-0.1, -0.05) is 45.9 Å². The van der Waals surface area contributed by atoms with E-state index in [-0.39, 0.29) is 31.2 Å². The van der Waals surface area contributed by atoms with E-state index < -0.39 is 24.0 Å².